The third-order valence-corrected chi connectivity index (χ3v) is 4.39. The molecule has 2 aromatic carbocycles. The van der Waals surface area contributed by atoms with Gasteiger partial charge in [0, 0.05) is 30.7 Å². The van der Waals surface area contributed by atoms with Crippen LogP contribution in [0.5, 0.6) is 5.75 Å². The number of ether oxygens (including phenoxy) is 1. The summed E-state index contributed by atoms with van der Waals surface area (Å²) >= 11 is 0. The van der Waals surface area contributed by atoms with Crippen LogP contribution in [0.4, 0.5) is 0 Å². The molecule has 0 amide bonds. The Morgan fingerprint density at radius 1 is 1.13 bits per heavy atom. The molecular formula is C20H24N2O. The standard InChI is InChI=1S/C20H24N2O/c1-15-12-18(20(22-13-15)16-8-4-3-5-9-16)21-14-17-10-6-7-11-19(17)23-2/h3-11,18,20-22H,1,12-14H2,2H3. The molecule has 1 heterocycles. The Morgan fingerprint density at radius 2 is 1.87 bits per heavy atom. The largest absolute Gasteiger partial charge is 0.496 e. The second-order valence-corrected chi connectivity index (χ2v) is 6.02. The van der Waals surface area contributed by atoms with E-state index in [1.54, 1.807) is 7.11 Å². The van der Waals surface area contributed by atoms with Crippen LogP contribution in [0, 0.1) is 0 Å². The lowest BCUT2D eigenvalue weighted by Gasteiger charge is -2.35. The van der Waals surface area contributed by atoms with E-state index >= 15 is 0 Å². The molecule has 0 radical (unpaired) electrons. The highest BCUT2D eigenvalue weighted by Crippen LogP contribution is 2.26. The van der Waals surface area contributed by atoms with Gasteiger partial charge in [0.05, 0.1) is 7.11 Å². The number of methoxy groups -OCH3 is 1. The zero-order valence-corrected chi connectivity index (χ0v) is 13.6. The monoisotopic (exact) mass is 308 g/mol. The Morgan fingerprint density at radius 3 is 2.65 bits per heavy atom. The number of para-hydroxylation sites is 1. The van der Waals surface area contributed by atoms with Crippen molar-refractivity contribution in [3.8, 4) is 5.75 Å². The molecular weight excluding hydrogens is 284 g/mol. The van der Waals surface area contributed by atoms with E-state index in [2.05, 4.69) is 53.6 Å². The molecule has 1 aliphatic rings. The summed E-state index contributed by atoms with van der Waals surface area (Å²) in [5.41, 5.74) is 3.74. The highest BCUT2D eigenvalue weighted by Gasteiger charge is 2.27. The number of hydrogen-bond donors (Lipinski definition) is 2. The summed E-state index contributed by atoms with van der Waals surface area (Å²) < 4.78 is 5.44. The summed E-state index contributed by atoms with van der Waals surface area (Å²) in [4.78, 5) is 0. The van der Waals surface area contributed by atoms with E-state index in [-0.39, 0.29) is 0 Å². The maximum Gasteiger partial charge on any atom is 0.123 e. The molecule has 3 nitrogen and oxygen atoms in total. The Hall–Kier alpha value is -2.10. The summed E-state index contributed by atoms with van der Waals surface area (Å²) in [6.07, 6.45) is 0.988. The zero-order chi connectivity index (χ0) is 16.1. The van der Waals surface area contributed by atoms with E-state index in [0.717, 1.165) is 25.3 Å². The number of rotatable bonds is 5. The zero-order valence-electron chi connectivity index (χ0n) is 13.6. The van der Waals surface area contributed by atoms with Crippen LogP contribution < -0.4 is 15.4 Å². The molecule has 2 atom stereocenters. The maximum absolute atomic E-state index is 5.44. The summed E-state index contributed by atoms with van der Waals surface area (Å²) in [5.74, 6) is 0.929. The van der Waals surface area contributed by atoms with Gasteiger partial charge >= 0.3 is 0 Å². The van der Waals surface area contributed by atoms with E-state index in [0.29, 0.717) is 12.1 Å². The molecule has 0 bridgehead atoms. The van der Waals surface area contributed by atoms with Crippen LogP contribution in [0.1, 0.15) is 23.6 Å². The molecule has 0 spiro atoms. The number of piperidine rings is 1. The van der Waals surface area contributed by atoms with Gasteiger partial charge in [-0.1, -0.05) is 60.7 Å². The molecule has 1 saturated heterocycles. The number of hydrogen-bond acceptors (Lipinski definition) is 3. The molecule has 23 heavy (non-hydrogen) atoms. The normalized spacial score (nSPS) is 21.2. The second kappa shape index (κ2) is 7.44. The average Bonchev–Trinajstić information content (AvgIpc) is 2.61. The summed E-state index contributed by atoms with van der Waals surface area (Å²) in [6.45, 7) is 5.82. The highest BCUT2D eigenvalue weighted by atomic mass is 16.5. The molecule has 1 fully saturated rings. The minimum absolute atomic E-state index is 0.302. The van der Waals surface area contributed by atoms with Crippen molar-refractivity contribution < 1.29 is 4.74 Å². The van der Waals surface area contributed by atoms with E-state index in [1.165, 1.54) is 16.7 Å². The first-order chi connectivity index (χ1) is 11.3. The van der Waals surface area contributed by atoms with Crippen molar-refractivity contribution in [2.75, 3.05) is 13.7 Å². The van der Waals surface area contributed by atoms with Crippen LogP contribution in [-0.4, -0.2) is 19.7 Å². The van der Waals surface area contributed by atoms with Crippen LogP contribution in [0.15, 0.2) is 66.7 Å². The van der Waals surface area contributed by atoms with Gasteiger partial charge < -0.3 is 15.4 Å². The number of nitrogens with one attached hydrogen (secondary N) is 2. The fourth-order valence-corrected chi connectivity index (χ4v) is 3.19. The lowest BCUT2D eigenvalue weighted by Crippen LogP contribution is -2.46. The molecule has 120 valence electrons. The molecule has 0 saturated carbocycles. The van der Waals surface area contributed by atoms with Crippen molar-refractivity contribution >= 4 is 0 Å². The van der Waals surface area contributed by atoms with Crippen LogP contribution >= 0.6 is 0 Å². The predicted molar refractivity (Wildman–Crippen MR) is 94.6 cm³/mol. The highest BCUT2D eigenvalue weighted by molar-refractivity contribution is 5.33. The Kier molecular flexibility index (Phi) is 5.11. The first kappa shape index (κ1) is 15.8. The van der Waals surface area contributed by atoms with E-state index < -0.39 is 0 Å². The van der Waals surface area contributed by atoms with Crippen LogP contribution in [0.25, 0.3) is 0 Å². The third-order valence-electron chi connectivity index (χ3n) is 4.39. The van der Waals surface area contributed by atoms with Gasteiger partial charge in [0.1, 0.15) is 5.75 Å². The van der Waals surface area contributed by atoms with Crippen molar-refractivity contribution in [2.45, 2.75) is 25.0 Å². The Labute approximate surface area is 138 Å². The minimum Gasteiger partial charge on any atom is -0.496 e. The quantitative estimate of drug-likeness (QED) is 0.830. The average molecular weight is 308 g/mol. The summed E-state index contributed by atoms with van der Waals surface area (Å²) in [6, 6.07) is 19.4. The van der Waals surface area contributed by atoms with Gasteiger partial charge in [0.2, 0.25) is 0 Å². The third kappa shape index (κ3) is 3.81. The molecule has 0 aromatic heterocycles. The summed E-state index contributed by atoms with van der Waals surface area (Å²) in [7, 11) is 1.72. The Balaban J connectivity index is 1.74. The van der Waals surface area contributed by atoms with Gasteiger partial charge in [-0.15, -0.1) is 0 Å². The molecule has 2 N–H and O–H groups in total. The predicted octanol–water partition coefficient (Wildman–Crippen LogP) is 3.44. The lowest BCUT2D eigenvalue weighted by atomic mass is 9.90. The second-order valence-electron chi connectivity index (χ2n) is 6.02. The topological polar surface area (TPSA) is 33.3 Å². The molecule has 1 aliphatic heterocycles. The fourth-order valence-electron chi connectivity index (χ4n) is 3.19. The molecule has 2 unspecified atom stereocenters. The van der Waals surface area contributed by atoms with Crippen molar-refractivity contribution in [2.24, 2.45) is 0 Å². The molecule has 3 rings (SSSR count). The Bertz CT molecular complexity index is 654. The number of benzene rings is 2. The van der Waals surface area contributed by atoms with Crippen LogP contribution in [0.3, 0.4) is 0 Å². The SMILES string of the molecule is C=C1CNC(c2ccccc2)C(NCc2ccccc2OC)C1. The van der Waals surface area contributed by atoms with Crippen molar-refractivity contribution in [3.63, 3.8) is 0 Å². The van der Waals surface area contributed by atoms with Gasteiger partial charge in [-0.2, -0.15) is 0 Å². The van der Waals surface area contributed by atoms with Gasteiger partial charge in [-0.25, -0.2) is 0 Å². The van der Waals surface area contributed by atoms with Crippen LogP contribution in [-0.2, 0) is 6.54 Å². The first-order valence-corrected chi connectivity index (χ1v) is 8.08. The van der Waals surface area contributed by atoms with Gasteiger partial charge in [0.25, 0.3) is 0 Å². The van der Waals surface area contributed by atoms with E-state index in [4.69, 9.17) is 4.74 Å². The van der Waals surface area contributed by atoms with Crippen molar-refractivity contribution in [3.05, 3.63) is 77.9 Å². The van der Waals surface area contributed by atoms with Crippen molar-refractivity contribution in [1.29, 1.82) is 0 Å². The van der Waals surface area contributed by atoms with E-state index in [9.17, 15) is 0 Å². The molecule has 2 aromatic rings. The molecule has 0 aliphatic carbocycles. The van der Waals surface area contributed by atoms with E-state index in [1.807, 2.05) is 18.2 Å². The van der Waals surface area contributed by atoms with Gasteiger partial charge in [-0.05, 0) is 18.1 Å². The summed E-state index contributed by atoms with van der Waals surface area (Å²) in [5, 5.41) is 7.30. The smallest absolute Gasteiger partial charge is 0.123 e. The van der Waals surface area contributed by atoms with Crippen molar-refractivity contribution in [1.82, 2.24) is 10.6 Å². The van der Waals surface area contributed by atoms with Gasteiger partial charge in [-0.3, -0.25) is 0 Å². The van der Waals surface area contributed by atoms with Gasteiger partial charge in [0.15, 0.2) is 0 Å². The first-order valence-electron chi connectivity index (χ1n) is 8.08. The molecule has 3 heteroatoms. The minimum atomic E-state index is 0.302. The fraction of sp³-hybridized carbons (Fsp3) is 0.300. The maximum atomic E-state index is 5.44. The lowest BCUT2D eigenvalue weighted by molar-refractivity contribution is 0.342. The van der Waals surface area contributed by atoms with Crippen LogP contribution in [0.2, 0.25) is 0 Å².